The third kappa shape index (κ3) is 3.87. The number of hydrogen-bond acceptors (Lipinski definition) is 4. The number of furan rings is 1. The number of carbonyl (C=O) groups is 2. The maximum absolute atomic E-state index is 12.7. The van der Waals surface area contributed by atoms with Gasteiger partial charge in [-0.2, -0.15) is 0 Å². The van der Waals surface area contributed by atoms with Gasteiger partial charge in [-0.15, -0.1) is 0 Å². The number of anilines is 1. The van der Waals surface area contributed by atoms with Crippen LogP contribution in [0.25, 0.3) is 0 Å². The molecular formula is C21H17ClN2O4. The number of amides is 2. The van der Waals surface area contributed by atoms with E-state index in [4.69, 9.17) is 20.8 Å². The van der Waals surface area contributed by atoms with Gasteiger partial charge >= 0.3 is 0 Å². The maximum atomic E-state index is 12.7. The smallest absolute Gasteiger partial charge is 0.265 e. The second kappa shape index (κ2) is 7.78. The lowest BCUT2D eigenvalue weighted by atomic mass is 10.1. The van der Waals surface area contributed by atoms with Gasteiger partial charge in [-0.05, 0) is 48.0 Å². The van der Waals surface area contributed by atoms with Gasteiger partial charge in [0, 0.05) is 11.4 Å². The zero-order valence-electron chi connectivity index (χ0n) is 14.8. The first-order chi connectivity index (χ1) is 13.6. The van der Waals surface area contributed by atoms with E-state index < -0.39 is 6.10 Å². The fourth-order valence-corrected chi connectivity index (χ4v) is 3.24. The van der Waals surface area contributed by atoms with E-state index in [1.165, 1.54) is 0 Å². The van der Waals surface area contributed by atoms with Crippen LogP contribution in [-0.4, -0.2) is 17.9 Å². The van der Waals surface area contributed by atoms with Crippen molar-refractivity contribution in [3.8, 4) is 5.75 Å². The molecule has 1 atom stereocenters. The van der Waals surface area contributed by atoms with E-state index in [1.54, 1.807) is 60.9 Å². The SMILES string of the molecule is O=C(NCc1ccco1)c1ccccc1NC(=O)[C@@H]1Cc2cc(Cl)ccc2O1. The first-order valence-electron chi connectivity index (χ1n) is 8.76. The van der Waals surface area contributed by atoms with Gasteiger partial charge in [0.05, 0.1) is 24.1 Å². The Morgan fingerprint density at radius 1 is 1.11 bits per heavy atom. The molecule has 0 aliphatic carbocycles. The highest BCUT2D eigenvalue weighted by Gasteiger charge is 2.30. The first-order valence-corrected chi connectivity index (χ1v) is 9.13. The number of benzene rings is 2. The summed E-state index contributed by atoms with van der Waals surface area (Å²) >= 11 is 6.00. The molecule has 3 aromatic rings. The fourth-order valence-electron chi connectivity index (χ4n) is 3.04. The normalized spacial score (nSPS) is 14.8. The van der Waals surface area contributed by atoms with Gasteiger partial charge in [-0.3, -0.25) is 9.59 Å². The molecule has 0 saturated heterocycles. The summed E-state index contributed by atoms with van der Waals surface area (Å²) in [6, 6.07) is 15.6. The Labute approximate surface area is 166 Å². The van der Waals surface area contributed by atoms with Crippen molar-refractivity contribution in [3.05, 3.63) is 82.8 Å². The van der Waals surface area contributed by atoms with Crippen LogP contribution in [0.15, 0.2) is 65.3 Å². The summed E-state index contributed by atoms with van der Waals surface area (Å²) in [5.74, 6) is 0.660. The number of fused-ring (bicyclic) bond motifs is 1. The minimum atomic E-state index is -0.673. The van der Waals surface area contributed by atoms with E-state index in [-0.39, 0.29) is 18.4 Å². The fraction of sp³-hybridized carbons (Fsp3) is 0.143. The van der Waals surface area contributed by atoms with Crippen LogP contribution in [0.1, 0.15) is 21.7 Å². The Morgan fingerprint density at radius 3 is 2.79 bits per heavy atom. The van der Waals surface area contributed by atoms with Crippen molar-refractivity contribution in [3.63, 3.8) is 0 Å². The molecule has 28 heavy (non-hydrogen) atoms. The lowest BCUT2D eigenvalue weighted by Gasteiger charge is -2.14. The number of ether oxygens (including phenoxy) is 1. The van der Waals surface area contributed by atoms with Gasteiger partial charge in [0.25, 0.3) is 11.8 Å². The van der Waals surface area contributed by atoms with Gasteiger partial charge < -0.3 is 19.8 Å². The van der Waals surface area contributed by atoms with Crippen LogP contribution >= 0.6 is 11.6 Å². The van der Waals surface area contributed by atoms with Crippen LogP contribution in [0, 0.1) is 0 Å². The number of para-hydroxylation sites is 1. The van der Waals surface area contributed by atoms with Gasteiger partial charge in [-0.1, -0.05) is 23.7 Å². The van der Waals surface area contributed by atoms with Crippen LogP contribution in [0.2, 0.25) is 5.02 Å². The highest BCUT2D eigenvalue weighted by molar-refractivity contribution is 6.30. The number of halogens is 1. The Balaban J connectivity index is 1.44. The number of nitrogens with one attached hydrogen (secondary N) is 2. The van der Waals surface area contributed by atoms with E-state index in [9.17, 15) is 9.59 Å². The molecule has 2 amide bonds. The van der Waals surface area contributed by atoms with E-state index in [0.29, 0.717) is 34.2 Å². The van der Waals surface area contributed by atoms with Gasteiger partial charge in [0.2, 0.25) is 0 Å². The largest absolute Gasteiger partial charge is 0.480 e. The lowest BCUT2D eigenvalue weighted by molar-refractivity contribution is -0.122. The second-order valence-electron chi connectivity index (χ2n) is 6.36. The lowest BCUT2D eigenvalue weighted by Crippen LogP contribution is -2.32. The summed E-state index contributed by atoms with van der Waals surface area (Å²) in [5, 5.41) is 6.17. The van der Waals surface area contributed by atoms with Crippen molar-refractivity contribution in [1.82, 2.24) is 5.32 Å². The summed E-state index contributed by atoms with van der Waals surface area (Å²) in [7, 11) is 0. The Bertz CT molecular complexity index is 1020. The summed E-state index contributed by atoms with van der Waals surface area (Å²) in [4.78, 5) is 25.2. The van der Waals surface area contributed by atoms with Crippen LogP contribution < -0.4 is 15.4 Å². The van der Waals surface area contributed by atoms with Crippen LogP contribution in [0.5, 0.6) is 5.75 Å². The van der Waals surface area contributed by atoms with Gasteiger partial charge in [-0.25, -0.2) is 0 Å². The third-order valence-electron chi connectivity index (χ3n) is 4.42. The minimum absolute atomic E-state index is 0.260. The molecular weight excluding hydrogens is 380 g/mol. The van der Waals surface area contributed by atoms with Gasteiger partial charge in [0.1, 0.15) is 11.5 Å². The molecule has 1 aromatic heterocycles. The number of rotatable bonds is 5. The van der Waals surface area contributed by atoms with E-state index in [2.05, 4.69) is 10.6 Å². The monoisotopic (exact) mass is 396 g/mol. The number of hydrogen-bond donors (Lipinski definition) is 2. The van der Waals surface area contributed by atoms with Crippen molar-refractivity contribution in [2.45, 2.75) is 19.1 Å². The highest BCUT2D eigenvalue weighted by Crippen LogP contribution is 2.31. The minimum Gasteiger partial charge on any atom is -0.480 e. The molecule has 6 nitrogen and oxygen atoms in total. The highest BCUT2D eigenvalue weighted by atomic mass is 35.5. The maximum Gasteiger partial charge on any atom is 0.265 e. The molecule has 1 aliphatic rings. The summed E-state index contributed by atoms with van der Waals surface area (Å²) in [6.07, 6.45) is 1.30. The topological polar surface area (TPSA) is 80.6 Å². The average Bonchev–Trinajstić information content (AvgIpc) is 3.35. The molecule has 0 spiro atoms. The Kier molecular flexibility index (Phi) is 5.04. The quantitative estimate of drug-likeness (QED) is 0.687. The molecule has 2 N–H and O–H groups in total. The standard InChI is InChI=1S/C21H17ClN2O4/c22-14-7-8-18-13(10-14)11-19(28-18)21(26)24-17-6-2-1-5-16(17)20(25)23-12-15-4-3-9-27-15/h1-10,19H,11-12H2,(H,23,25)(H,24,26)/t19-/m0/s1. The molecule has 0 fully saturated rings. The molecule has 0 radical (unpaired) electrons. The Morgan fingerprint density at radius 2 is 1.96 bits per heavy atom. The van der Waals surface area contributed by atoms with Gasteiger partial charge in [0.15, 0.2) is 6.10 Å². The zero-order valence-corrected chi connectivity index (χ0v) is 15.5. The van der Waals surface area contributed by atoms with E-state index >= 15 is 0 Å². The average molecular weight is 397 g/mol. The van der Waals surface area contributed by atoms with E-state index in [1.807, 2.05) is 0 Å². The molecule has 0 saturated carbocycles. The van der Waals surface area contributed by atoms with Crippen molar-refractivity contribution in [2.24, 2.45) is 0 Å². The first kappa shape index (κ1) is 18.1. The summed E-state index contributed by atoms with van der Waals surface area (Å²) in [6.45, 7) is 0.260. The molecule has 7 heteroatoms. The molecule has 142 valence electrons. The molecule has 0 bridgehead atoms. The molecule has 1 aliphatic heterocycles. The molecule has 4 rings (SSSR count). The number of carbonyl (C=O) groups excluding carboxylic acids is 2. The molecule has 0 unspecified atom stereocenters. The predicted molar refractivity (Wildman–Crippen MR) is 105 cm³/mol. The van der Waals surface area contributed by atoms with Crippen LogP contribution in [0.4, 0.5) is 5.69 Å². The van der Waals surface area contributed by atoms with Crippen LogP contribution in [0.3, 0.4) is 0 Å². The van der Waals surface area contributed by atoms with Crippen molar-refractivity contribution < 1.29 is 18.7 Å². The zero-order chi connectivity index (χ0) is 19.5. The predicted octanol–water partition coefficient (Wildman–Crippen LogP) is 3.81. The van der Waals surface area contributed by atoms with Crippen LogP contribution in [-0.2, 0) is 17.8 Å². The second-order valence-corrected chi connectivity index (χ2v) is 6.80. The Hall–Kier alpha value is -3.25. The molecule has 2 aromatic carbocycles. The third-order valence-corrected chi connectivity index (χ3v) is 4.66. The molecule has 2 heterocycles. The van der Waals surface area contributed by atoms with Crippen molar-refractivity contribution in [2.75, 3.05) is 5.32 Å². The summed E-state index contributed by atoms with van der Waals surface area (Å²) < 4.78 is 10.9. The van der Waals surface area contributed by atoms with Crippen molar-refractivity contribution in [1.29, 1.82) is 0 Å². The summed E-state index contributed by atoms with van der Waals surface area (Å²) in [5.41, 5.74) is 1.67. The van der Waals surface area contributed by atoms with Crippen molar-refractivity contribution >= 4 is 29.1 Å². The van der Waals surface area contributed by atoms with E-state index in [0.717, 1.165) is 5.56 Å².